The van der Waals surface area contributed by atoms with Crippen LogP contribution in [0.15, 0.2) is 12.3 Å². The van der Waals surface area contributed by atoms with Crippen molar-refractivity contribution in [3.63, 3.8) is 0 Å². The van der Waals surface area contributed by atoms with Crippen molar-refractivity contribution in [2.45, 2.75) is 5.51 Å². The van der Waals surface area contributed by atoms with Gasteiger partial charge in [0.25, 0.3) is 0 Å². The molecule has 0 aromatic carbocycles. The van der Waals surface area contributed by atoms with Crippen molar-refractivity contribution >= 4 is 16.1 Å². The van der Waals surface area contributed by atoms with Crippen molar-refractivity contribution in [3.8, 4) is 0 Å². The Balaban J connectivity index is 4.48. The van der Waals surface area contributed by atoms with Gasteiger partial charge in [-0.15, -0.1) is 0 Å². The smallest absolute Gasteiger partial charge is 0.478 e. The predicted octanol–water partition coefficient (Wildman–Crippen LogP) is 0.451. The highest BCUT2D eigenvalue weighted by atomic mass is 32.2. The van der Waals surface area contributed by atoms with E-state index in [1.807, 2.05) is 0 Å². The van der Waals surface area contributed by atoms with Gasteiger partial charge in [0, 0.05) is 0 Å². The van der Waals surface area contributed by atoms with Gasteiger partial charge < -0.3 is 9.29 Å². The molecule has 0 aromatic rings. The highest BCUT2D eigenvalue weighted by Gasteiger charge is 2.47. The molecule has 0 spiro atoms. The Hall–Kier alpha value is -1.25. The molecule has 0 atom stereocenters. The number of hydrogen-bond donors (Lipinski definition) is 1. The van der Waals surface area contributed by atoms with Gasteiger partial charge in [0.15, 0.2) is 0 Å². The summed E-state index contributed by atoms with van der Waals surface area (Å²) in [7, 11) is -5.74. The summed E-state index contributed by atoms with van der Waals surface area (Å²) in [5.41, 5.74) is -5.56. The van der Waals surface area contributed by atoms with E-state index in [1.54, 1.807) is 0 Å². The zero-order valence-electron chi connectivity index (χ0n) is 5.78. The summed E-state index contributed by atoms with van der Waals surface area (Å²) < 4.78 is 57.7. The average molecular weight is 220 g/mol. The van der Waals surface area contributed by atoms with E-state index in [0.717, 1.165) is 0 Å². The number of alkyl halides is 3. The molecule has 0 heterocycles. The third-order valence-electron chi connectivity index (χ3n) is 0.676. The van der Waals surface area contributed by atoms with Crippen molar-refractivity contribution in [1.82, 2.24) is 0 Å². The molecule has 0 aliphatic rings. The maximum absolute atomic E-state index is 11.5. The maximum atomic E-state index is 11.5. The van der Waals surface area contributed by atoms with Crippen LogP contribution in [0, 0.1) is 0 Å². The zero-order valence-corrected chi connectivity index (χ0v) is 6.59. The molecular weight excluding hydrogens is 217 g/mol. The first-order valence-corrected chi connectivity index (χ1v) is 3.96. The van der Waals surface area contributed by atoms with E-state index in [9.17, 15) is 26.4 Å². The van der Waals surface area contributed by atoms with Crippen molar-refractivity contribution in [2.75, 3.05) is 0 Å². The molecule has 0 bridgehead atoms. The van der Waals surface area contributed by atoms with Gasteiger partial charge in [-0.1, -0.05) is 0 Å². The molecule has 0 rings (SSSR count). The highest BCUT2D eigenvalue weighted by molar-refractivity contribution is 7.87. The molecule has 0 aliphatic heterocycles. The molecule has 0 amide bonds. The van der Waals surface area contributed by atoms with Gasteiger partial charge in [0.1, 0.15) is 6.26 Å². The number of aliphatic carboxylic acids is 1. The zero-order chi connectivity index (χ0) is 10.7. The number of carbonyl (C=O) groups is 1. The van der Waals surface area contributed by atoms with Crippen LogP contribution >= 0.6 is 0 Å². The fourth-order valence-electron chi connectivity index (χ4n) is 0.214. The Morgan fingerprint density at radius 2 is 1.85 bits per heavy atom. The van der Waals surface area contributed by atoms with Crippen molar-refractivity contribution in [1.29, 1.82) is 0 Å². The highest BCUT2D eigenvalue weighted by Crippen LogP contribution is 2.24. The lowest BCUT2D eigenvalue weighted by molar-refractivity contribution is -0.131. The molecule has 5 nitrogen and oxygen atoms in total. The van der Waals surface area contributed by atoms with E-state index in [0.29, 0.717) is 0 Å². The first-order chi connectivity index (χ1) is 5.67. The number of halogens is 3. The maximum Gasteiger partial charge on any atom is 0.534 e. The molecule has 9 heteroatoms. The van der Waals surface area contributed by atoms with Crippen LogP contribution in [0.2, 0.25) is 0 Å². The molecule has 0 unspecified atom stereocenters. The first-order valence-electron chi connectivity index (χ1n) is 2.56. The molecular formula is C4H3F3O5S. The van der Waals surface area contributed by atoms with Gasteiger partial charge in [-0.3, -0.25) is 0 Å². The Kier molecular flexibility index (Phi) is 3.29. The average Bonchev–Trinajstić information content (AvgIpc) is 1.82. The second-order valence-electron chi connectivity index (χ2n) is 1.64. The molecule has 0 saturated carbocycles. The minimum absolute atomic E-state index is 0.0782. The van der Waals surface area contributed by atoms with Crippen LogP contribution in [-0.4, -0.2) is 25.0 Å². The van der Waals surface area contributed by atoms with Crippen LogP contribution in [0.5, 0.6) is 0 Å². The number of carboxylic acids is 1. The molecule has 0 aromatic heterocycles. The van der Waals surface area contributed by atoms with Crippen molar-refractivity contribution < 1.29 is 35.7 Å². The Morgan fingerprint density at radius 1 is 1.38 bits per heavy atom. The minimum Gasteiger partial charge on any atom is -0.478 e. The fraction of sp³-hybridized carbons (Fsp3) is 0.250. The Labute approximate surface area is 70.5 Å². The van der Waals surface area contributed by atoms with Gasteiger partial charge in [-0.2, -0.15) is 21.6 Å². The van der Waals surface area contributed by atoms with Crippen molar-refractivity contribution in [3.05, 3.63) is 12.3 Å². The number of hydrogen-bond acceptors (Lipinski definition) is 4. The minimum atomic E-state index is -5.74. The monoisotopic (exact) mass is 220 g/mol. The summed E-state index contributed by atoms with van der Waals surface area (Å²) >= 11 is 0. The van der Waals surface area contributed by atoms with E-state index >= 15 is 0 Å². The number of carboxylic acid groups (broad SMARTS) is 1. The first kappa shape index (κ1) is 11.8. The standard InChI is InChI=1S/C4H3F3O5S/c5-4(6,7)13(10,11)12-2-1-3(8)9/h1-2H,(H,8,9). The van der Waals surface area contributed by atoms with E-state index in [1.165, 1.54) is 0 Å². The van der Waals surface area contributed by atoms with Crippen LogP contribution in [0.1, 0.15) is 0 Å². The summed E-state index contributed by atoms with van der Waals surface area (Å²) in [4.78, 5) is 9.69. The Bertz CT molecular complexity index is 313. The third-order valence-corrected chi connectivity index (χ3v) is 1.61. The molecule has 0 saturated heterocycles. The van der Waals surface area contributed by atoms with Crippen molar-refractivity contribution in [2.24, 2.45) is 0 Å². The summed E-state index contributed by atoms with van der Waals surface area (Å²) in [6.45, 7) is 0. The van der Waals surface area contributed by atoms with Gasteiger partial charge in [-0.25, -0.2) is 4.79 Å². The lowest BCUT2D eigenvalue weighted by Crippen LogP contribution is -2.23. The third kappa shape index (κ3) is 3.78. The Morgan fingerprint density at radius 3 is 2.15 bits per heavy atom. The summed E-state index contributed by atoms with van der Waals surface area (Å²) in [5, 5.41) is 7.87. The van der Waals surface area contributed by atoms with E-state index < -0.39 is 21.6 Å². The van der Waals surface area contributed by atoms with E-state index in [4.69, 9.17) is 5.11 Å². The van der Waals surface area contributed by atoms with Crippen LogP contribution in [0.25, 0.3) is 0 Å². The quantitative estimate of drug-likeness (QED) is 0.323. The SMILES string of the molecule is O=C(O)C=COS(=O)(=O)C(F)(F)F. The van der Waals surface area contributed by atoms with E-state index in [2.05, 4.69) is 4.18 Å². The topological polar surface area (TPSA) is 80.7 Å². The van der Waals surface area contributed by atoms with Crippen LogP contribution in [0.3, 0.4) is 0 Å². The molecule has 76 valence electrons. The summed E-state index contributed by atoms with van der Waals surface area (Å²) in [5.74, 6) is -1.63. The van der Waals surface area contributed by atoms with Gasteiger partial charge in [-0.05, 0) is 0 Å². The number of rotatable bonds is 3. The molecule has 0 aliphatic carbocycles. The molecule has 1 N–H and O–H groups in total. The van der Waals surface area contributed by atoms with Gasteiger partial charge in [0.2, 0.25) is 0 Å². The summed E-state index contributed by atoms with van der Waals surface area (Å²) in [6.07, 6.45) is 0.0362. The van der Waals surface area contributed by atoms with Crippen LogP contribution < -0.4 is 0 Å². The molecule has 13 heavy (non-hydrogen) atoms. The van der Waals surface area contributed by atoms with Gasteiger partial charge in [0.05, 0.1) is 6.08 Å². The van der Waals surface area contributed by atoms with E-state index in [-0.39, 0.29) is 12.3 Å². The lowest BCUT2D eigenvalue weighted by atomic mass is 10.7. The predicted molar refractivity (Wildman–Crippen MR) is 32.8 cm³/mol. The molecule has 0 fully saturated rings. The second kappa shape index (κ2) is 3.64. The van der Waals surface area contributed by atoms with Gasteiger partial charge >= 0.3 is 21.6 Å². The largest absolute Gasteiger partial charge is 0.534 e. The fourth-order valence-corrected chi connectivity index (χ4v) is 0.525. The lowest BCUT2D eigenvalue weighted by Gasteiger charge is -2.04. The second-order valence-corrected chi connectivity index (χ2v) is 3.20. The summed E-state index contributed by atoms with van der Waals surface area (Å²) in [6, 6.07) is 0. The molecule has 0 radical (unpaired) electrons. The van der Waals surface area contributed by atoms with Crippen LogP contribution in [0.4, 0.5) is 13.2 Å². The van der Waals surface area contributed by atoms with Crippen LogP contribution in [-0.2, 0) is 19.1 Å². The normalized spacial score (nSPS) is 13.2.